The number of ether oxygens (including phenoxy) is 2. The standard InChI is InChI=1S/C25H40O2.C5H10O2/c1-22-11-9-18(27)15-17(22)8-12-24(3)21(22)7-6-19-20-5-4-10-25(20,16-26)14-13-23(19,24)2;1-4-5(6-2)7-3/h17,19-21,26H,4-16H2,1-3H3;4-5H,1H2,2-3H3/t17?,19?,20?,21?,22?,23-,24?,25?;/m1./s1. The van der Waals surface area contributed by atoms with Crippen molar-refractivity contribution in [2.75, 3.05) is 20.8 Å². The van der Waals surface area contributed by atoms with Crippen LogP contribution < -0.4 is 0 Å². The molecule has 5 saturated carbocycles. The van der Waals surface area contributed by atoms with Crippen molar-refractivity contribution in [2.24, 2.45) is 45.3 Å². The van der Waals surface area contributed by atoms with Crippen molar-refractivity contribution < 1.29 is 19.4 Å². The van der Waals surface area contributed by atoms with Gasteiger partial charge < -0.3 is 14.6 Å². The van der Waals surface area contributed by atoms with E-state index in [-0.39, 0.29) is 11.7 Å². The average molecular weight is 475 g/mol. The molecule has 0 radical (unpaired) electrons. The minimum Gasteiger partial charge on any atom is -0.396 e. The molecule has 0 bridgehead atoms. The zero-order valence-electron chi connectivity index (χ0n) is 22.5. The van der Waals surface area contributed by atoms with E-state index in [9.17, 15) is 9.90 Å². The maximum Gasteiger partial charge on any atom is 0.175 e. The van der Waals surface area contributed by atoms with Crippen LogP contribution in [-0.2, 0) is 14.3 Å². The molecule has 0 spiro atoms. The SMILES string of the molecule is C=CC(OC)OC.CC12CCC(=O)CC1CCC1(C)C2CCC2C3CCCC3(CO)CC[C@]21C. The van der Waals surface area contributed by atoms with E-state index in [0.29, 0.717) is 34.6 Å². The van der Waals surface area contributed by atoms with E-state index >= 15 is 0 Å². The highest BCUT2D eigenvalue weighted by Crippen LogP contribution is 2.75. The topological polar surface area (TPSA) is 55.8 Å². The van der Waals surface area contributed by atoms with Gasteiger partial charge in [0.25, 0.3) is 0 Å². The summed E-state index contributed by atoms with van der Waals surface area (Å²) in [7, 11) is 3.13. The van der Waals surface area contributed by atoms with Crippen molar-refractivity contribution >= 4 is 5.78 Å². The summed E-state index contributed by atoms with van der Waals surface area (Å²) in [4.78, 5) is 12.2. The first-order valence-corrected chi connectivity index (χ1v) is 13.9. The highest BCUT2D eigenvalue weighted by molar-refractivity contribution is 5.79. The van der Waals surface area contributed by atoms with Gasteiger partial charge in [-0.1, -0.05) is 33.8 Å². The highest BCUT2D eigenvalue weighted by Gasteiger charge is 2.68. The molecule has 0 heterocycles. The number of aliphatic hydroxyl groups is 1. The summed E-state index contributed by atoms with van der Waals surface area (Å²) in [6.45, 7) is 11.7. The predicted molar refractivity (Wildman–Crippen MR) is 136 cm³/mol. The Labute approximate surface area is 208 Å². The second-order valence-electron chi connectivity index (χ2n) is 13.2. The average Bonchev–Trinajstić information content (AvgIpc) is 3.26. The van der Waals surface area contributed by atoms with Gasteiger partial charge in [0, 0.05) is 33.7 Å². The van der Waals surface area contributed by atoms with Gasteiger partial charge in [0.2, 0.25) is 0 Å². The second-order valence-corrected chi connectivity index (χ2v) is 13.2. The third-order valence-corrected chi connectivity index (χ3v) is 12.4. The van der Waals surface area contributed by atoms with Crippen LogP contribution >= 0.6 is 0 Å². The summed E-state index contributed by atoms with van der Waals surface area (Å²) in [5.74, 6) is 3.53. The van der Waals surface area contributed by atoms with Crippen LogP contribution in [0.3, 0.4) is 0 Å². The molecule has 4 heteroatoms. The molecule has 1 N–H and O–H groups in total. The quantitative estimate of drug-likeness (QED) is 0.370. The smallest absolute Gasteiger partial charge is 0.175 e. The van der Waals surface area contributed by atoms with E-state index in [1.165, 1.54) is 57.8 Å². The Morgan fingerprint density at radius 2 is 1.71 bits per heavy atom. The van der Waals surface area contributed by atoms with Crippen molar-refractivity contribution in [3.05, 3.63) is 12.7 Å². The Balaban J connectivity index is 0.000000344. The normalized spacial score (nSPS) is 47.6. The zero-order valence-corrected chi connectivity index (χ0v) is 22.5. The van der Waals surface area contributed by atoms with E-state index < -0.39 is 0 Å². The molecule has 5 rings (SSSR count). The third-order valence-electron chi connectivity index (χ3n) is 12.4. The number of carbonyl (C=O) groups is 1. The fraction of sp³-hybridized carbons (Fsp3) is 0.900. The third kappa shape index (κ3) is 3.86. The Kier molecular flexibility index (Phi) is 7.47. The van der Waals surface area contributed by atoms with Crippen LogP contribution in [0.2, 0.25) is 0 Å². The van der Waals surface area contributed by atoms with Gasteiger partial charge in [0.1, 0.15) is 5.78 Å². The minimum atomic E-state index is -0.250. The maximum absolute atomic E-state index is 12.2. The molecule has 34 heavy (non-hydrogen) atoms. The van der Waals surface area contributed by atoms with Gasteiger partial charge >= 0.3 is 0 Å². The maximum atomic E-state index is 12.2. The lowest BCUT2D eigenvalue weighted by Gasteiger charge is -2.71. The number of aliphatic hydroxyl groups excluding tert-OH is 1. The fourth-order valence-electron chi connectivity index (χ4n) is 10.2. The summed E-state index contributed by atoms with van der Waals surface area (Å²) >= 11 is 0. The van der Waals surface area contributed by atoms with Gasteiger partial charge in [0.05, 0.1) is 0 Å². The number of carbonyl (C=O) groups excluding carboxylic acids is 1. The second kappa shape index (κ2) is 9.63. The number of methoxy groups -OCH3 is 2. The monoisotopic (exact) mass is 474 g/mol. The first kappa shape index (κ1) is 26.4. The van der Waals surface area contributed by atoms with Crippen LogP contribution in [0.15, 0.2) is 12.7 Å². The minimum absolute atomic E-state index is 0.250. The van der Waals surface area contributed by atoms with Gasteiger partial charge in [-0.25, -0.2) is 0 Å². The number of rotatable bonds is 4. The van der Waals surface area contributed by atoms with Crippen LogP contribution in [0.5, 0.6) is 0 Å². The van der Waals surface area contributed by atoms with Crippen LogP contribution in [0.4, 0.5) is 0 Å². The molecule has 7 unspecified atom stereocenters. The van der Waals surface area contributed by atoms with Gasteiger partial charge in [0.15, 0.2) is 6.29 Å². The highest BCUT2D eigenvalue weighted by atomic mass is 16.7. The van der Waals surface area contributed by atoms with Gasteiger partial charge in [-0.05, 0) is 109 Å². The Morgan fingerprint density at radius 3 is 2.32 bits per heavy atom. The van der Waals surface area contributed by atoms with Crippen molar-refractivity contribution in [2.45, 2.75) is 104 Å². The summed E-state index contributed by atoms with van der Waals surface area (Å²) in [5.41, 5.74) is 1.49. The van der Waals surface area contributed by atoms with Crippen LogP contribution in [-0.4, -0.2) is 38.0 Å². The van der Waals surface area contributed by atoms with E-state index in [1.807, 2.05) is 0 Å². The van der Waals surface area contributed by atoms with E-state index in [2.05, 4.69) is 27.4 Å². The summed E-state index contributed by atoms with van der Waals surface area (Å²) in [6.07, 6.45) is 16.0. The summed E-state index contributed by atoms with van der Waals surface area (Å²) < 4.78 is 9.42. The zero-order chi connectivity index (χ0) is 24.8. The van der Waals surface area contributed by atoms with Crippen molar-refractivity contribution in [1.82, 2.24) is 0 Å². The predicted octanol–water partition coefficient (Wildman–Crippen LogP) is 6.56. The fourth-order valence-corrected chi connectivity index (χ4v) is 10.2. The lowest BCUT2D eigenvalue weighted by Crippen LogP contribution is -2.64. The van der Waals surface area contributed by atoms with Crippen LogP contribution in [0.25, 0.3) is 0 Å². The largest absolute Gasteiger partial charge is 0.396 e. The molecule has 0 amide bonds. The molecule has 4 nitrogen and oxygen atoms in total. The molecular weight excluding hydrogens is 424 g/mol. The lowest BCUT2D eigenvalue weighted by atomic mass is 9.34. The molecular formula is C30H50O4. The number of fused-ring (bicyclic) bond motifs is 7. The van der Waals surface area contributed by atoms with E-state index in [1.54, 1.807) is 20.3 Å². The molecule has 5 aliphatic rings. The molecule has 0 aliphatic heterocycles. The van der Waals surface area contributed by atoms with Crippen molar-refractivity contribution in [3.8, 4) is 0 Å². The summed E-state index contributed by atoms with van der Waals surface area (Å²) in [5, 5.41) is 10.3. The van der Waals surface area contributed by atoms with Crippen LogP contribution in [0, 0.1) is 45.3 Å². The molecule has 0 aromatic heterocycles. The molecule has 0 saturated heterocycles. The molecule has 5 aliphatic carbocycles. The van der Waals surface area contributed by atoms with Crippen molar-refractivity contribution in [3.63, 3.8) is 0 Å². The molecule has 0 aromatic carbocycles. The molecule has 8 atom stereocenters. The Hall–Kier alpha value is -0.710. The first-order chi connectivity index (χ1) is 16.1. The number of Topliss-reactive ketones (excluding diaryl/α,β-unsaturated/α-hetero) is 1. The van der Waals surface area contributed by atoms with E-state index in [0.717, 1.165) is 37.0 Å². The van der Waals surface area contributed by atoms with E-state index in [4.69, 9.17) is 9.47 Å². The molecule has 194 valence electrons. The summed E-state index contributed by atoms with van der Waals surface area (Å²) in [6, 6.07) is 0. The first-order valence-electron chi connectivity index (χ1n) is 13.9. The Bertz CT molecular complexity index is 761. The van der Waals surface area contributed by atoms with Gasteiger partial charge in [-0.2, -0.15) is 0 Å². The lowest BCUT2D eigenvalue weighted by molar-refractivity contribution is -0.222. The van der Waals surface area contributed by atoms with Crippen LogP contribution in [0.1, 0.15) is 97.8 Å². The number of hydrogen-bond donors (Lipinski definition) is 1. The number of ketones is 1. The van der Waals surface area contributed by atoms with Crippen molar-refractivity contribution in [1.29, 1.82) is 0 Å². The number of hydrogen-bond acceptors (Lipinski definition) is 4. The molecule has 5 fully saturated rings. The molecule has 0 aromatic rings. The Morgan fingerprint density at radius 1 is 0.971 bits per heavy atom. The van der Waals surface area contributed by atoms with Gasteiger partial charge in [-0.3, -0.25) is 4.79 Å². The van der Waals surface area contributed by atoms with Gasteiger partial charge in [-0.15, -0.1) is 0 Å².